The van der Waals surface area contributed by atoms with E-state index in [0.29, 0.717) is 0 Å². The number of aryl methyl sites for hydroxylation is 1. The summed E-state index contributed by atoms with van der Waals surface area (Å²) in [6.07, 6.45) is 0. The Balaban J connectivity index is 2.08. The van der Waals surface area contributed by atoms with E-state index in [4.69, 9.17) is 4.74 Å². The fourth-order valence-corrected chi connectivity index (χ4v) is 2.37. The Morgan fingerprint density at radius 1 is 0.952 bits per heavy atom. The first-order valence-corrected chi connectivity index (χ1v) is 7.17. The molecule has 0 saturated heterocycles. The number of benzene rings is 2. The number of methoxy groups -OCH3 is 1. The molecule has 2 aromatic rings. The molecular formula is C18H22FNO. The lowest BCUT2D eigenvalue weighted by molar-refractivity contribution is 0.385. The minimum atomic E-state index is -0.327. The third-order valence-corrected chi connectivity index (χ3v) is 3.75. The summed E-state index contributed by atoms with van der Waals surface area (Å²) in [5, 5.41) is 3.49. The summed E-state index contributed by atoms with van der Waals surface area (Å²) >= 11 is 0. The predicted octanol–water partition coefficient (Wildman–Crippen LogP) is 4.55. The summed E-state index contributed by atoms with van der Waals surface area (Å²) in [7, 11) is 1.47. The Morgan fingerprint density at radius 3 is 2.10 bits per heavy atom. The molecule has 1 N–H and O–H groups in total. The van der Waals surface area contributed by atoms with Gasteiger partial charge in [0, 0.05) is 12.1 Å². The van der Waals surface area contributed by atoms with E-state index in [9.17, 15) is 4.39 Å². The molecule has 0 aromatic heterocycles. The van der Waals surface area contributed by atoms with Gasteiger partial charge in [0.25, 0.3) is 0 Å². The van der Waals surface area contributed by atoms with Crippen molar-refractivity contribution in [2.45, 2.75) is 32.9 Å². The first-order chi connectivity index (χ1) is 10.0. The molecule has 2 rings (SSSR count). The molecule has 2 aromatic carbocycles. The highest BCUT2D eigenvalue weighted by Gasteiger charge is 2.13. The summed E-state index contributed by atoms with van der Waals surface area (Å²) in [6.45, 7) is 6.22. The topological polar surface area (TPSA) is 21.3 Å². The van der Waals surface area contributed by atoms with E-state index < -0.39 is 0 Å². The summed E-state index contributed by atoms with van der Waals surface area (Å²) in [4.78, 5) is 0. The van der Waals surface area contributed by atoms with Crippen LogP contribution in [0.5, 0.6) is 5.75 Å². The van der Waals surface area contributed by atoms with Crippen molar-refractivity contribution in [3.63, 3.8) is 0 Å². The molecule has 2 unspecified atom stereocenters. The van der Waals surface area contributed by atoms with Crippen molar-refractivity contribution in [1.82, 2.24) is 5.32 Å². The second-order valence-electron chi connectivity index (χ2n) is 5.41. The lowest BCUT2D eigenvalue weighted by atomic mass is 10.0. The van der Waals surface area contributed by atoms with Gasteiger partial charge in [-0.2, -0.15) is 0 Å². The van der Waals surface area contributed by atoms with Crippen molar-refractivity contribution >= 4 is 0 Å². The second-order valence-corrected chi connectivity index (χ2v) is 5.41. The molecule has 2 nitrogen and oxygen atoms in total. The third kappa shape index (κ3) is 3.82. The largest absolute Gasteiger partial charge is 0.494 e. The summed E-state index contributed by atoms with van der Waals surface area (Å²) < 4.78 is 18.7. The number of rotatable bonds is 5. The van der Waals surface area contributed by atoms with Gasteiger partial charge in [0.2, 0.25) is 0 Å². The monoisotopic (exact) mass is 287 g/mol. The number of ether oxygens (including phenoxy) is 1. The van der Waals surface area contributed by atoms with Crippen molar-refractivity contribution in [2.24, 2.45) is 0 Å². The zero-order chi connectivity index (χ0) is 15.4. The van der Waals surface area contributed by atoms with Crippen molar-refractivity contribution in [3.8, 4) is 5.75 Å². The molecule has 0 aliphatic heterocycles. The van der Waals surface area contributed by atoms with Crippen LogP contribution in [0.1, 0.15) is 42.6 Å². The van der Waals surface area contributed by atoms with Gasteiger partial charge < -0.3 is 10.1 Å². The Morgan fingerprint density at radius 2 is 1.52 bits per heavy atom. The highest BCUT2D eigenvalue weighted by molar-refractivity contribution is 5.31. The highest BCUT2D eigenvalue weighted by Crippen LogP contribution is 2.24. The number of nitrogens with one attached hydrogen (secondary N) is 1. The van der Waals surface area contributed by atoms with E-state index in [1.54, 1.807) is 6.07 Å². The van der Waals surface area contributed by atoms with Crippen LogP contribution in [-0.4, -0.2) is 7.11 Å². The molecule has 0 fully saturated rings. The zero-order valence-corrected chi connectivity index (χ0v) is 13.0. The minimum absolute atomic E-state index is 0.0571. The van der Waals surface area contributed by atoms with E-state index in [-0.39, 0.29) is 23.7 Å². The Hall–Kier alpha value is -1.87. The normalized spacial score (nSPS) is 13.8. The van der Waals surface area contributed by atoms with Gasteiger partial charge >= 0.3 is 0 Å². The van der Waals surface area contributed by atoms with Crippen molar-refractivity contribution in [2.75, 3.05) is 7.11 Å². The molecule has 0 aliphatic carbocycles. The van der Waals surface area contributed by atoms with Crippen molar-refractivity contribution in [3.05, 3.63) is 65.0 Å². The number of hydrogen-bond acceptors (Lipinski definition) is 2. The van der Waals surface area contributed by atoms with Crippen LogP contribution >= 0.6 is 0 Å². The average molecular weight is 287 g/mol. The van der Waals surface area contributed by atoms with Crippen LogP contribution in [0.2, 0.25) is 0 Å². The van der Waals surface area contributed by atoms with Crippen LogP contribution < -0.4 is 10.1 Å². The lowest BCUT2D eigenvalue weighted by Gasteiger charge is -2.21. The summed E-state index contributed by atoms with van der Waals surface area (Å²) in [5.74, 6) is -0.0517. The average Bonchev–Trinajstić information content (AvgIpc) is 2.47. The summed E-state index contributed by atoms with van der Waals surface area (Å²) in [5.41, 5.74) is 3.38. The molecule has 0 spiro atoms. The molecule has 0 heterocycles. The molecule has 0 aliphatic rings. The Bertz CT molecular complexity index is 595. The van der Waals surface area contributed by atoms with Gasteiger partial charge in [-0.25, -0.2) is 4.39 Å². The Labute approximate surface area is 126 Å². The first-order valence-electron chi connectivity index (χ1n) is 7.17. The molecule has 2 atom stereocenters. The molecular weight excluding hydrogens is 265 g/mol. The maximum Gasteiger partial charge on any atom is 0.165 e. The lowest BCUT2D eigenvalue weighted by Crippen LogP contribution is -2.22. The fourth-order valence-electron chi connectivity index (χ4n) is 2.37. The fraction of sp³-hybridized carbons (Fsp3) is 0.333. The molecule has 0 bridgehead atoms. The van der Waals surface area contributed by atoms with Crippen LogP contribution in [0, 0.1) is 12.7 Å². The maximum atomic E-state index is 13.8. The smallest absolute Gasteiger partial charge is 0.165 e. The molecule has 0 amide bonds. The number of halogens is 1. The van der Waals surface area contributed by atoms with Gasteiger partial charge in [-0.3, -0.25) is 0 Å². The van der Waals surface area contributed by atoms with E-state index in [1.807, 2.05) is 13.0 Å². The highest BCUT2D eigenvalue weighted by atomic mass is 19.1. The molecule has 0 radical (unpaired) electrons. The van der Waals surface area contributed by atoms with Crippen LogP contribution in [0.4, 0.5) is 4.39 Å². The van der Waals surface area contributed by atoms with Gasteiger partial charge in [-0.15, -0.1) is 0 Å². The van der Waals surface area contributed by atoms with E-state index in [0.717, 1.165) is 5.56 Å². The standard InChI is InChI=1S/C18H22FNO/c1-12-5-7-15(8-6-12)13(2)20-14(3)16-9-10-18(21-4)17(19)11-16/h5-11,13-14,20H,1-4H3. The SMILES string of the molecule is COc1ccc(C(C)NC(C)c2ccc(C)cc2)cc1F. The van der Waals surface area contributed by atoms with Crippen LogP contribution in [-0.2, 0) is 0 Å². The third-order valence-electron chi connectivity index (χ3n) is 3.75. The van der Waals surface area contributed by atoms with Crippen LogP contribution in [0.3, 0.4) is 0 Å². The number of hydrogen-bond donors (Lipinski definition) is 1. The van der Waals surface area contributed by atoms with Gasteiger partial charge in [0.1, 0.15) is 0 Å². The van der Waals surface area contributed by atoms with Gasteiger partial charge in [0.15, 0.2) is 11.6 Å². The molecule has 112 valence electrons. The van der Waals surface area contributed by atoms with Crippen LogP contribution in [0.25, 0.3) is 0 Å². The predicted molar refractivity (Wildman–Crippen MR) is 84.1 cm³/mol. The van der Waals surface area contributed by atoms with Crippen LogP contribution in [0.15, 0.2) is 42.5 Å². The van der Waals surface area contributed by atoms with Crippen molar-refractivity contribution < 1.29 is 9.13 Å². The molecule has 0 saturated carbocycles. The second kappa shape index (κ2) is 6.72. The van der Waals surface area contributed by atoms with Crippen molar-refractivity contribution in [1.29, 1.82) is 0 Å². The van der Waals surface area contributed by atoms with E-state index in [2.05, 4.69) is 43.4 Å². The maximum absolute atomic E-state index is 13.8. The van der Waals surface area contributed by atoms with E-state index in [1.165, 1.54) is 24.3 Å². The van der Waals surface area contributed by atoms with E-state index >= 15 is 0 Å². The van der Waals surface area contributed by atoms with Gasteiger partial charge in [-0.05, 0) is 44.0 Å². The minimum Gasteiger partial charge on any atom is -0.494 e. The van der Waals surface area contributed by atoms with Gasteiger partial charge in [0.05, 0.1) is 7.11 Å². The van der Waals surface area contributed by atoms with Gasteiger partial charge in [-0.1, -0.05) is 35.9 Å². The molecule has 3 heteroatoms. The quantitative estimate of drug-likeness (QED) is 0.870. The summed E-state index contributed by atoms with van der Waals surface area (Å²) in [6, 6.07) is 13.8. The first kappa shape index (κ1) is 15.5. The Kier molecular flexibility index (Phi) is 4.97. The zero-order valence-electron chi connectivity index (χ0n) is 13.0. The molecule has 21 heavy (non-hydrogen) atoms.